The van der Waals surface area contributed by atoms with Crippen molar-refractivity contribution in [1.29, 1.82) is 0 Å². The molecule has 0 amide bonds. The Hall–Kier alpha value is -0.340. The largest absolute Gasteiger partial charge is 0.330 e. The van der Waals surface area contributed by atoms with Crippen LogP contribution in [0.3, 0.4) is 0 Å². The molecule has 80 valence electrons. The molecule has 0 radical (unpaired) electrons. The molecule has 1 aliphatic carbocycles. The molecule has 1 heterocycles. The van der Waals surface area contributed by atoms with Crippen LogP contribution in [-0.4, -0.2) is 31.1 Å². The SMILES string of the molecule is NCC1(CN2CC=CC2)CCCCC1. The lowest BCUT2D eigenvalue weighted by atomic mass is 9.74. The lowest BCUT2D eigenvalue weighted by Gasteiger charge is -2.39. The average Bonchev–Trinajstić information content (AvgIpc) is 2.72. The molecular formula is C12H22N2. The maximum atomic E-state index is 5.97. The maximum Gasteiger partial charge on any atom is 0.0167 e. The van der Waals surface area contributed by atoms with Crippen molar-refractivity contribution in [2.75, 3.05) is 26.2 Å². The first-order valence-corrected chi connectivity index (χ1v) is 5.92. The van der Waals surface area contributed by atoms with E-state index in [4.69, 9.17) is 5.73 Å². The first kappa shape index (κ1) is 10.2. The lowest BCUT2D eigenvalue weighted by Crippen LogP contribution is -2.43. The predicted molar refractivity (Wildman–Crippen MR) is 60.2 cm³/mol. The Balaban J connectivity index is 1.90. The first-order valence-electron chi connectivity index (χ1n) is 5.92. The Bertz CT molecular complexity index is 196. The van der Waals surface area contributed by atoms with Crippen LogP contribution in [0.4, 0.5) is 0 Å². The molecule has 1 saturated carbocycles. The number of hydrogen-bond acceptors (Lipinski definition) is 2. The molecule has 0 aromatic carbocycles. The second-order valence-electron chi connectivity index (χ2n) is 4.93. The second-order valence-corrected chi connectivity index (χ2v) is 4.93. The Morgan fingerprint density at radius 3 is 2.29 bits per heavy atom. The summed E-state index contributed by atoms with van der Waals surface area (Å²) in [5.74, 6) is 0. The van der Waals surface area contributed by atoms with Crippen molar-refractivity contribution in [1.82, 2.24) is 4.90 Å². The molecule has 2 nitrogen and oxygen atoms in total. The van der Waals surface area contributed by atoms with Crippen molar-refractivity contribution >= 4 is 0 Å². The van der Waals surface area contributed by atoms with E-state index in [-0.39, 0.29) is 0 Å². The van der Waals surface area contributed by atoms with E-state index in [2.05, 4.69) is 17.1 Å². The van der Waals surface area contributed by atoms with Gasteiger partial charge in [0.05, 0.1) is 0 Å². The van der Waals surface area contributed by atoms with E-state index in [1.807, 2.05) is 0 Å². The van der Waals surface area contributed by atoms with Gasteiger partial charge in [0.25, 0.3) is 0 Å². The van der Waals surface area contributed by atoms with E-state index in [0.29, 0.717) is 5.41 Å². The molecule has 2 N–H and O–H groups in total. The average molecular weight is 194 g/mol. The molecule has 2 rings (SSSR count). The molecule has 0 aromatic rings. The van der Waals surface area contributed by atoms with Crippen LogP contribution in [0.25, 0.3) is 0 Å². The van der Waals surface area contributed by atoms with Crippen molar-refractivity contribution in [3.63, 3.8) is 0 Å². The van der Waals surface area contributed by atoms with Crippen LogP contribution in [0.5, 0.6) is 0 Å². The zero-order valence-electron chi connectivity index (χ0n) is 9.04. The van der Waals surface area contributed by atoms with Gasteiger partial charge in [0, 0.05) is 19.6 Å². The molecule has 14 heavy (non-hydrogen) atoms. The molecular weight excluding hydrogens is 172 g/mol. The van der Waals surface area contributed by atoms with Crippen molar-refractivity contribution in [3.05, 3.63) is 12.2 Å². The fourth-order valence-electron chi connectivity index (χ4n) is 2.85. The Kier molecular flexibility index (Phi) is 3.24. The van der Waals surface area contributed by atoms with Crippen LogP contribution in [-0.2, 0) is 0 Å². The molecule has 2 heteroatoms. The number of rotatable bonds is 3. The van der Waals surface area contributed by atoms with Gasteiger partial charge in [-0.05, 0) is 24.8 Å². The van der Waals surface area contributed by atoms with Crippen molar-refractivity contribution in [3.8, 4) is 0 Å². The van der Waals surface area contributed by atoms with Gasteiger partial charge in [0.2, 0.25) is 0 Å². The number of nitrogens with zero attached hydrogens (tertiary/aromatic N) is 1. The van der Waals surface area contributed by atoms with E-state index >= 15 is 0 Å². The topological polar surface area (TPSA) is 29.3 Å². The van der Waals surface area contributed by atoms with Gasteiger partial charge >= 0.3 is 0 Å². The molecule has 0 bridgehead atoms. The highest BCUT2D eigenvalue weighted by Crippen LogP contribution is 2.36. The van der Waals surface area contributed by atoms with Gasteiger partial charge in [0.15, 0.2) is 0 Å². The summed E-state index contributed by atoms with van der Waals surface area (Å²) in [4.78, 5) is 2.53. The fraction of sp³-hybridized carbons (Fsp3) is 0.833. The molecule has 0 atom stereocenters. The molecule has 0 saturated heterocycles. The quantitative estimate of drug-likeness (QED) is 0.694. The van der Waals surface area contributed by atoms with Gasteiger partial charge in [-0.15, -0.1) is 0 Å². The minimum atomic E-state index is 0.449. The van der Waals surface area contributed by atoms with E-state index in [0.717, 1.165) is 19.6 Å². The van der Waals surface area contributed by atoms with E-state index in [1.165, 1.54) is 38.6 Å². The van der Waals surface area contributed by atoms with Gasteiger partial charge in [-0.25, -0.2) is 0 Å². The summed E-state index contributed by atoms with van der Waals surface area (Å²) >= 11 is 0. The third-order valence-corrected chi connectivity index (χ3v) is 3.80. The van der Waals surface area contributed by atoms with Crippen molar-refractivity contribution in [2.24, 2.45) is 11.1 Å². The summed E-state index contributed by atoms with van der Waals surface area (Å²) in [7, 11) is 0. The summed E-state index contributed by atoms with van der Waals surface area (Å²) in [6.07, 6.45) is 11.4. The van der Waals surface area contributed by atoms with E-state index < -0.39 is 0 Å². The minimum absolute atomic E-state index is 0.449. The van der Waals surface area contributed by atoms with Crippen LogP contribution < -0.4 is 5.73 Å². The van der Waals surface area contributed by atoms with Gasteiger partial charge in [-0.2, -0.15) is 0 Å². The molecule has 2 aliphatic rings. The highest BCUT2D eigenvalue weighted by atomic mass is 15.1. The molecule has 1 fully saturated rings. The Labute approximate surface area is 87.2 Å². The monoisotopic (exact) mass is 194 g/mol. The summed E-state index contributed by atoms with van der Waals surface area (Å²) in [6.45, 7) is 4.38. The highest BCUT2D eigenvalue weighted by molar-refractivity contribution is 4.98. The highest BCUT2D eigenvalue weighted by Gasteiger charge is 2.32. The normalized spacial score (nSPS) is 26.9. The van der Waals surface area contributed by atoms with Gasteiger partial charge < -0.3 is 5.73 Å². The maximum absolute atomic E-state index is 5.97. The second kappa shape index (κ2) is 4.45. The van der Waals surface area contributed by atoms with Crippen molar-refractivity contribution < 1.29 is 0 Å². The van der Waals surface area contributed by atoms with Gasteiger partial charge in [0.1, 0.15) is 0 Å². The summed E-state index contributed by atoms with van der Waals surface area (Å²) in [5.41, 5.74) is 6.42. The third-order valence-electron chi connectivity index (χ3n) is 3.80. The smallest absolute Gasteiger partial charge is 0.0167 e. The van der Waals surface area contributed by atoms with Gasteiger partial charge in [-0.1, -0.05) is 31.4 Å². The van der Waals surface area contributed by atoms with Crippen LogP contribution in [0.2, 0.25) is 0 Å². The van der Waals surface area contributed by atoms with Crippen LogP contribution in [0.1, 0.15) is 32.1 Å². The summed E-state index contributed by atoms with van der Waals surface area (Å²) in [5, 5.41) is 0. The Morgan fingerprint density at radius 1 is 1.07 bits per heavy atom. The van der Waals surface area contributed by atoms with E-state index in [9.17, 15) is 0 Å². The summed E-state index contributed by atoms with van der Waals surface area (Å²) in [6, 6.07) is 0. The molecule has 0 aromatic heterocycles. The van der Waals surface area contributed by atoms with E-state index in [1.54, 1.807) is 0 Å². The zero-order chi connectivity index (χ0) is 9.86. The molecule has 0 unspecified atom stereocenters. The lowest BCUT2D eigenvalue weighted by molar-refractivity contribution is 0.130. The Morgan fingerprint density at radius 2 is 1.71 bits per heavy atom. The minimum Gasteiger partial charge on any atom is -0.330 e. The standard InChI is InChI=1S/C12H22N2/c13-10-12(6-2-1-3-7-12)11-14-8-4-5-9-14/h4-5H,1-3,6-11,13H2. The molecule has 0 spiro atoms. The fourth-order valence-corrected chi connectivity index (χ4v) is 2.85. The predicted octanol–water partition coefficient (Wildman–Crippen LogP) is 1.77. The number of nitrogens with two attached hydrogens (primary N) is 1. The summed E-state index contributed by atoms with van der Waals surface area (Å²) < 4.78 is 0. The van der Waals surface area contributed by atoms with Crippen LogP contribution in [0, 0.1) is 5.41 Å². The molecule has 1 aliphatic heterocycles. The third kappa shape index (κ3) is 2.18. The van der Waals surface area contributed by atoms with Crippen LogP contribution in [0.15, 0.2) is 12.2 Å². The van der Waals surface area contributed by atoms with Crippen molar-refractivity contribution in [2.45, 2.75) is 32.1 Å². The zero-order valence-corrected chi connectivity index (χ0v) is 9.04. The van der Waals surface area contributed by atoms with Crippen LogP contribution >= 0.6 is 0 Å². The number of hydrogen-bond donors (Lipinski definition) is 1. The van der Waals surface area contributed by atoms with Gasteiger partial charge in [-0.3, -0.25) is 4.90 Å². The first-order chi connectivity index (χ1) is 6.85.